The molecule has 1 aliphatic heterocycles. The first kappa shape index (κ1) is 26.1. The van der Waals surface area contributed by atoms with Crippen molar-refractivity contribution in [2.24, 2.45) is 0 Å². The van der Waals surface area contributed by atoms with E-state index in [2.05, 4.69) is 12.2 Å². The zero-order valence-corrected chi connectivity index (χ0v) is 21.0. The molecule has 6 nitrogen and oxygen atoms in total. The van der Waals surface area contributed by atoms with E-state index in [9.17, 15) is 14.4 Å². The first-order valence-electron chi connectivity index (χ1n) is 11.1. The predicted molar refractivity (Wildman–Crippen MR) is 136 cm³/mol. The highest BCUT2D eigenvalue weighted by atomic mass is 35.5. The quantitative estimate of drug-likeness (QED) is 0.206. The lowest BCUT2D eigenvalue weighted by atomic mass is 10.1. The Bertz CT molecular complexity index is 1120. The lowest BCUT2D eigenvalue weighted by Crippen LogP contribution is -2.54. The number of unbranched alkanes of at least 4 members (excludes halogenated alkanes) is 5. The van der Waals surface area contributed by atoms with Crippen LogP contribution in [0.25, 0.3) is 6.08 Å². The van der Waals surface area contributed by atoms with Gasteiger partial charge in [0, 0.05) is 10.6 Å². The van der Waals surface area contributed by atoms with Crippen LogP contribution >= 0.6 is 34.8 Å². The number of urea groups is 1. The van der Waals surface area contributed by atoms with Crippen LogP contribution in [-0.2, 0) is 9.59 Å². The topological polar surface area (TPSA) is 75.7 Å². The first-order valence-corrected chi connectivity index (χ1v) is 12.2. The molecule has 0 unspecified atom stereocenters. The molecule has 0 aromatic heterocycles. The molecule has 0 aliphatic carbocycles. The molecule has 0 bridgehead atoms. The summed E-state index contributed by atoms with van der Waals surface area (Å²) in [5.74, 6) is -1.12. The van der Waals surface area contributed by atoms with Gasteiger partial charge in [-0.05, 0) is 48.9 Å². The van der Waals surface area contributed by atoms with Crippen molar-refractivity contribution < 1.29 is 19.1 Å². The molecular weight excluding hydrogens is 499 g/mol. The van der Waals surface area contributed by atoms with Crippen LogP contribution < -0.4 is 15.0 Å². The van der Waals surface area contributed by atoms with Crippen LogP contribution in [0, 0.1) is 0 Å². The fourth-order valence-electron chi connectivity index (χ4n) is 3.50. The van der Waals surface area contributed by atoms with Gasteiger partial charge < -0.3 is 4.74 Å². The van der Waals surface area contributed by atoms with E-state index in [4.69, 9.17) is 39.5 Å². The number of rotatable bonds is 10. The van der Waals surface area contributed by atoms with Crippen LogP contribution in [0.5, 0.6) is 5.75 Å². The van der Waals surface area contributed by atoms with E-state index in [0.717, 1.165) is 24.2 Å². The molecule has 1 saturated heterocycles. The summed E-state index contributed by atoms with van der Waals surface area (Å²) in [6.45, 7) is 2.68. The van der Waals surface area contributed by atoms with E-state index < -0.39 is 17.8 Å². The number of anilines is 1. The number of halogens is 3. The fraction of sp³-hybridized carbons (Fsp3) is 0.320. The number of hydrogen-bond donors (Lipinski definition) is 1. The average Bonchev–Trinajstić information content (AvgIpc) is 2.79. The molecule has 0 atom stereocenters. The number of benzene rings is 2. The second kappa shape index (κ2) is 12.2. The predicted octanol–water partition coefficient (Wildman–Crippen LogP) is 7.05. The van der Waals surface area contributed by atoms with E-state index in [1.807, 2.05) is 0 Å². The number of carbonyl (C=O) groups is 3. The maximum absolute atomic E-state index is 13.2. The van der Waals surface area contributed by atoms with E-state index in [1.54, 1.807) is 18.2 Å². The number of imide groups is 2. The Kier molecular flexibility index (Phi) is 9.39. The third-order valence-corrected chi connectivity index (χ3v) is 6.26. The number of nitrogens with one attached hydrogen (secondary N) is 1. The lowest BCUT2D eigenvalue weighted by molar-refractivity contribution is -0.122. The monoisotopic (exact) mass is 522 g/mol. The number of carbonyl (C=O) groups excluding carboxylic acids is 3. The number of ether oxygens (including phenoxy) is 1. The van der Waals surface area contributed by atoms with Crippen LogP contribution in [0.2, 0.25) is 15.1 Å². The fourth-order valence-corrected chi connectivity index (χ4v) is 3.97. The van der Waals surface area contributed by atoms with Crippen molar-refractivity contribution in [1.82, 2.24) is 5.32 Å². The number of amides is 4. The molecule has 4 amide bonds. The van der Waals surface area contributed by atoms with Crippen molar-refractivity contribution in [3.8, 4) is 5.75 Å². The highest BCUT2D eigenvalue weighted by Gasteiger charge is 2.37. The summed E-state index contributed by atoms with van der Waals surface area (Å²) in [5.41, 5.74) is 0.402. The molecule has 2 aromatic carbocycles. The van der Waals surface area contributed by atoms with Gasteiger partial charge in [0.05, 0.1) is 22.3 Å². The molecule has 180 valence electrons. The average molecular weight is 524 g/mol. The molecule has 1 heterocycles. The molecule has 0 saturated carbocycles. The van der Waals surface area contributed by atoms with Crippen LogP contribution in [0.3, 0.4) is 0 Å². The van der Waals surface area contributed by atoms with Gasteiger partial charge in [-0.2, -0.15) is 0 Å². The van der Waals surface area contributed by atoms with E-state index in [0.29, 0.717) is 22.9 Å². The van der Waals surface area contributed by atoms with Gasteiger partial charge in [-0.15, -0.1) is 0 Å². The molecule has 0 radical (unpaired) electrons. The molecule has 0 spiro atoms. The van der Waals surface area contributed by atoms with E-state index in [-0.39, 0.29) is 21.3 Å². The SMILES string of the molecule is CCCCCCCCOc1ccc(Cl)cc1/C=C1/C(=O)NC(=O)N(c2ccc(Cl)c(Cl)c2)C1=O. The number of hydrogen-bond acceptors (Lipinski definition) is 4. The van der Waals surface area contributed by atoms with Gasteiger partial charge in [0.2, 0.25) is 0 Å². The van der Waals surface area contributed by atoms with E-state index >= 15 is 0 Å². The molecule has 9 heteroatoms. The number of barbiturate groups is 1. The number of nitrogens with zero attached hydrogens (tertiary/aromatic N) is 1. The van der Waals surface area contributed by atoms with E-state index in [1.165, 1.54) is 43.5 Å². The largest absolute Gasteiger partial charge is 0.493 e. The Balaban J connectivity index is 1.82. The van der Waals surface area contributed by atoms with Crippen LogP contribution in [-0.4, -0.2) is 24.5 Å². The summed E-state index contributed by atoms with van der Waals surface area (Å²) in [5, 5.41) is 3.04. The van der Waals surface area contributed by atoms with Gasteiger partial charge in [0.15, 0.2) is 0 Å². The van der Waals surface area contributed by atoms with Gasteiger partial charge >= 0.3 is 6.03 Å². The summed E-state index contributed by atoms with van der Waals surface area (Å²) in [4.78, 5) is 38.9. The molecular formula is C25H25Cl3N2O4. The third-order valence-electron chi connectivity index (χ3n) is 5.29. The third kappa shape index (κ3) is 6.53. The van der Waals surface area contributed by atoms with Gasteiger partial charge in [0.25, 0.3) is 11.8 Å². The molecule has 1 aliphatic rings. The molecule has 3 rings (SSSR count). The van der Waals surface area contributed by atoms with Crippen LogP contribution in [0.1, 0.15) is 51.0 Å². The second-order valence-corrected chi connectivity index (χ2v) is 9.11. The Morgan fingerprint density at radius 1 is 0.912 bits per heavy atom. The van der Waals surface area contributed by atoms with Gasteiger partial charge in [-0.3, -0.25) is 14.9 Å². The summed E-state index contributed by atoms with van der Waals surface area (Å²) >= 11 is 18.1. The van der Waals surface area contributed by atoms with Crippen LogP contribution in [0.15, 0.2) is 42.0 Å². The van der Waals surface area contributed by atoms with Crippen molar-refractivity contribution >= 4 is 64.4 Å². The molecule has 1 fully saturated rings. The molecule has 34 heavy (non-hydrogen) atoms. The summed E-state index contributed by atoms with van der Waals surface area (Å²) < 4.78 is 5.91. The summed E-state index contributed by atoms with van der Waals surface area (Å²) in [6, 6.07) is 8.40. The Labute approximate surface area is 213 Å². The minimum absolute atomic E-state index is 0.169. The summed E-state index contributed by atoms with van der Waals surface area (Å²) in [6.07, 6.45) is 8.11. The smallest absolute Gasteiger partial charge is 0.335 e. The molecule has 1 N–H and O–H groups in total. The van der Waals surface area contributed by atoms with Gasteiger partial charge in [0.1, 0.15) is 11.3 Å². The van der Waals surface area contributed by atoms with Crippen molar-refractivity contribution in [3.05, 3.63) is 62.6 Å². The van der Waals surface area contributed by atoms with Crippen LogP contribution in [0.4, 0.5) is 10.5 Å². The minimum atomic E-state index is -0.879. The van der Waals surface area contributed by atoms with Crippen molar-refractivity contribution in [2.75, 3.05) is 11.5 Å². The maximum atomic E-state index is 13.2. The Morgan fingerprint density at radius 3 is 2.38 bits per heavy atom. The maximum Gasteiger partial charge on any atom is 0.335 e. The van der Waals surface area contributed by atoms with Crippen molar-refractivity contribution in [1.29, 1.82) is 0 Å². The molecule has 2 aromatic rings. The standard InChI is InChI=1S/C25H25Cl3N2O4/c1-2-3-4-5-6-7-12-34-22-11-8-17(26)13-16(22)14-19-23(31)29-25(33)30(24(19)32)18-9-10-20(27)21(28)15-18/h8-11,13-15H,2-7,12H2,1H3,(H,29,31,33)/b19-14-. The van der Waals surface area contributed by atoms with Crippen molar-refractivity contribution in [3.63, 3.8) is 0 Å². The first-order chi connectivity index (χ1) is 16.3. The highest BCUT2D eigenvalue weighted by molar-refractivity contribution is 6.43. The Morgan fingerprint density at radius 2 is 1.65 bits per heavy atom. The van der Waals surface area contributed by atoms with Gasteiger partial charge in [-0.1, -0.05) is 73.8 Å². The van der Waals surface area contributed by atoms with Gasteiger partial charge in [-0.25, -0.2) is 9.69 Å². The normalized spacial score (nSPS) is 15.1. The zero-order valence-electron chi connectivity index (χ0n) is 18.7. The minimum Gasteiger partial charge on any atom is -0.493 e. The highest BCUT2D eigenvalue weighted by Crippen LogP contribution is 2.31. The Hall–Kier alpha value is -2.54. The lowest BCUT2D eigenvalue weighted by Gasteiger charge is -2.26. The summed E-state index contributed by atoms with van der Waals surface area (Å²) in [7, 11) is 0. The zero-order chi connectivity index (χ0) is 24.7. The van der Waals surface area contributed by atoms with Crippen molar-refractivity contribution in [2.45, 2.75) is 45.4 Å². The second-order valence-electron chi connectivity index (χ2n) is 7.85.